The van der Waals surface area contributed by atoms with Crippen LogP contribution in [0.1, 0.15) is 40.0 Å². The Morgan fingerprint density at radius 2 is 2.18 bits per heavy atom. The van der Waals surface area contributed by atoms with E-state index in [-0.39, 0.29) is 17.7 Å². The molecule has 0 spiro atoms. The first kappa shape index (κ1) is 18.2. The predicted molar refractivity (Wildman–Crippen MR) is 83.0 cm³/mol. The van der Waals surface area contributed by atoms with Gasteiger partial charge >= 0.3 is 5.97 Å². The minimum absolute atomic E-state index is 0.0177. The van der Waals surface area contributed by atoms with Gasteiger partial charge in [-0.1, -0.05) is 26.3 Å². The van der Waals surface area contributed by atoms with Crippen molar-refractivity contribution in [1.29, 1.82) is 0 Å². The fourth-order valence-electron chi connectivity index (χ4n) is 3.06. The summed E-state index contributed by atoms with van der Waals surface area (Å²) in [7, 11) is 1.30. The van der Waals surface area contributed by atoms with Gasteiger partial charge in [0.1, 0.15) is 11.6 Å². The van der Waals surface area contributed by atoms with Crippen molar-refractivity contribution < 1.29 is 19.1 Å². The SMILES string of the molecule is C=CCC(C(=O)OC)N1CCC(NC(C)=O)(C(C)CC)C1=O. The van der Waals surface area contributed by atoms with Crippen molar-refractivity contribution in [2.75, 3.05) is 13.7 Å². The van der Waals surface area contributed by atoms with Crippen LogP contribution in [0.3, 0.4) is 0 Å². The van der Waals surface area contributed by atoms with Crippen molar-refractivity contribution in [3.8, 4) is 0 Å². The molecule has 2 amide bonds. The fourth-order valence-corrected chi connectivity index (χ4v) is 3.06. The molecule has 124 valence electrons. The van der Waals surface area contributed by atoms with E-state index in [0.29, 0.717) is 19.4 Å². The first-order chi connectivity index (χ1) is 10.3. The van der Waals surface area contributed by atoms with Crippen LogP contribution in [0.5, 0.6) is 0 Å². The van der Waals surface area contributed by atoms with Gasteiger partial charge in [0.15, 0.2) is 0 Å². The Kier molecular flexibility index (Phi) is 6.14. The number of amides is 2. The maximum atomic E-state index is 13.0. The Bertz CT molecular complexity index is 463. The molecule has 1 saturated heterocycles. The zero-order valence-corrected chi connectivity index (χ0v) is 13.8. The van der Waals surface area contributed by atoms with Crippen molar-refractivity contribution in [3.63, 3.8) is 0 Å². The van der Waals surface area contributed by atoms with Crippen molar-refractivity contribution >= 4 is 17.8 Å². The second-order valence-corrected chi connectivity index (χ2v) is 5.77. The average Bonchev–Trinajstić information content (AvgIpc) is 2.80. The smallest absolute Gasteiger partial charge is 0.328 e. The van der Waals surface area contributed by atoms with Crippen LogP contribution in [0, 0.1) is 5.92 Å². The Morgan fingerprint density at radius 3 is 2.64 bits per heavy atom. The number of hydrogen-bond acceptors (Lipinski definition) is 4. The highest BCUT2D eigenvalue weighted by Crippen LogP contribution is 2.34. The highest BCUT2D eigenvalue weighted by Gasteiger charge is 2.52. The van der Waals surface area contributed by atoms with Crippen molar-refractivity contribution in [2.45, 2.75) is 51.6 Å². The summed E-state index contributed by atoms with van der Waals surface area (Å²) >= 11 is 0. The van der Waals surface area contributed by atoms with Gasteiger partial charge in [0.05, 0.1) is 7.11 Å². The minimum Gasteiger partial charge on any atom is -0.467 e. The molecule has 1 heterocycles. The average molecular weight is 310 g/mol. The molecular weight excluding hydrogens is 284 g/mol. The van der Waals surface area contributed by atoms with Crippen LogP contribution >= 0.6 is 0 Å². The summed E-state index contributed by atoms with van der Waals surface area (Å²) in [6, 6.07) is -0.685. The second kappa shape index (κ2) is 7.42. The van der Waals surface area contributed by atoms with E-state index in [1.807, 2.05) is 13.8 Å². The molecule has 0 aromatic carbocycles. The van der Waals surface area contributed by atoms with Crippen molar-refractivity contribution in [1.82, 2.24) is 10.2 Å². The standard InChI is InChI=1S/C16H26N2O4/c1-6-8-13(14(20)22-5)18-10-9-16(15(18)21,11(3)7-2)17-12(4)19/h6,11,13H,1,7-10H2,2-5H3,(H,17,19). The fraction of sp³-hybridized carbons (Fsp3) is 0.688. The van der Waals surface area contributed by atoms with Gasteiger partial charge in [0.2, 0.25) is 11.8 Å². The van der Waals surface area contributed by atoms with Gasteiger partial charge in [0, 0.05) is 13.5 Å². The Hall–Kier alpha value is -1.85. The molecule has 22 heavy (non-hydrogen) atoms. The predicted octanol–water partition coefficient (Wildman–Crippen LogP) is 1.26. The Labute approximate surface area is 131 Å². The summed E-state index contributed by atoms with van der Waals surface area (Å²) in [5, 5.41) is 2.83. The molecule has 0 radical (unpaired) electrons. The molecule has 1 N–H and O–H groups in total. The molecule has 1 aliphatic rings. The van der Waals surface area contributed by atoms with E-state index >= 15 is 0 Å². The van der Waals surface area contributed by atoms with Gasteiger partial charge in [-0.25, -0.2) is 4.79 Å². The van der Waals surface area contributed by atoms with E-state index in [9.17, 15) is 14.4 Å². The van der Waals surface area contributed by atoms with E-state index in [0.717, 1.165) is 6.42 Å². The maximum absolute atomic E-state index is 13.0. The van der Waals surface area contributed by atoms with Crippen LogP contribution in [0.25, 0.3) is 0 Å². The largest absolute Gasteiger partial charge is 0.467 e. The lowest BCUT2D eigenvalue weighted by molar-refractivity contribution is -0.153. The third kappa shape index (κ3) is 3.31. The number of carbonyl (C=O) groups is 3. The van der Waals surface area contributed by atoms with Gasteiger partial charge in [-0.2, -0.15) is 0 Å². The molecule has 0 bridgehead atoms. The van der Waals surface area contributed by atoms with Crippen LogP contribution in [0.4, 0.5) is 0 Å². The van der Waals surface area contributed by atoms with Gasteiger partial charge in [-0.05, 0) is 18.8 Å². The number of nitrogens with zero attached hydrogens (tertiary/aromatic N) is 1. The molecule has 0 aliphatic carbocycles. The number of esters is 1. The number of methoxy groups -OCH3 is 1. The summed E-state index contributed by atoms with van der Waals surface area (Å²) in [4.78, 5) is 38.0. The topological polar surface area (TPSA) is 75.7 Å². The van der Waals surface area contributed by atoms with Crippen LogP contribution in [-0.2, 0) is 19.1 Å². The van der Waals surface area contributed by atoms with E-state index in [1.54, 1.807) is 6.08 Å². The normalized spacial score (nSPS) is 23.8. The Morgan fingerprint density at radius 1 is 1.55 bits per heavy atom. The number of ether oxygens (including phenoxy) is 1. The van der Waals surface area contributed by atoms with E-state index in [1.165, 1.54) is 18.9 Å². The zero-order valence-electron chi connectivity index (χ0n) is 13.8. The highest BCUT2D eigenvalue weighted by atomic mass is 16.5. The molecule has 3 atom stereocenters. The second-order valence-electron chi connectivity index (χ2n) is 5.77. The number of carbonyl (C=O) groups excluding carboxylic acids is 3. The molecule has 0 saturated carbocycles. The number of nitrogens with one attached hydrogen (secondary N) is 1. The lowest BCUT2D eigenvalue weighted by Crippen LogP contribution is -2.59. The summed E-state index contributed by atoms with van der Waals surface area (Å²) in [5.74, 6) is -0.935. The van der Waals surface area contributed by atoms with Gasteiger partial charge in [-0.15, -0.1) is 6.58 Å². The van der Waals surface area contributed by atoms with Crippen molar-refractivity contribution in [2.24, 2.45) is 5.92 Å². The molecule has 0 aromatic heterocycles. The molecular formula is C16H26N2O4. The summed E-state index contributed by atoms with van der Waals surface area (Å²) < 4.78 is 4.79. The molecule has 0 aromatic rings. The summed E-state index contributed by atoms with van der Waals surface area (Å²) in [5.41, 5.74) is -0.936. The third-order valence-electron chi connectivity index (χ3n) is 4.48. The van der Waals surface area contributed by atoms with Crippen LogP contribution in [0.2, 0.25) is 0 Å². The first-order valence-corrected chi connectivity index (χ1v) is 7.62. The van der Waals surface area contributed by atoms with Gasteiger partial charge < -0.3 is 15.0 Å². The van der Waals surface area contributed by atoms with E-state index in [2.05, 4.69) is 11.9 Å². The monoisotopic (exact) mass is 310 g/mol. The van der Waals surface area contributed by atoms with Crippen LogP contribution < -0.4 is 5.32 Å². The quantitative estimate of drug-likeness (QED) is 0.567. The molecule has 6 nitrogen and oxygen atoms in total. The van der Waals surface area contributed by atoms with Gasteiger partial charge in [-0.3, -0.25) is 9.59 Å². The third-order valence-corrected chi connectivity index (χ3v) is 4.48. The Balaban J connectivity index is 3.12. The summed E-state index contributed by atoms with van der Waals surface area (Å²) in [6.45, 7) is 9.37. The first-order valence-electron chi connectivity index (χ1n) is 7.62. The highest BCUT2D eigenvalue weighted by molar-refractivity contribution is 5.95. The molecule has 6 heteroatoms. The molecule has 1 aliphatic heterocycles. The number of likely N-dealkylation sites (tertiary alicyclic amines) is 1. The number of hydrogen-bond donors (Lipinski definition) is 1. The van der Waals surface area contributed by atoms with Crippen molar-refractivity contribution in [3.05, 3.63) is 12.7 Å². The lowest BCUT2D eigenvalue weighted by atomic mass is 9.81. The lowest BCUT2D eigenvalue weighted by Gasteiger charge is -2.35. The molecule has 1 rings (SSSR count). The van der Waals surface area contributed by atoms with Crippen LogP contribution in [-0.4, -0.2) is 47.9 Å². The van der Waals surface area contributed by atoms with E-state index in [4.69, 9.17) is 4.74 Å². The molecule has 1 fully saturated rings. The molecule has 3 unspecified atom stereocenters. The zero-order chi connectivity index (χ0) is 16.9. The maximum Gasteiger partial charge on any atom is 0.328 e. The van der Waals surface area contributed by atoms with Crippen LogP contribution in [0.15, 0.2) is 12.7 Å². The summed E-state index contributed by atoms with van der Waals surface area (Å²) in [6.07, 6.45) is 3.17. The minimum atomic E-state index is -0.936. The van der Waals surface area contributed by atoms with Gasteiger partial charge in [0.25, 0.3) is 0 Å². The number of rotatable bonds is 7. The van der Waals surface area contributed by atoms with E-state index < -0.39 is 17.6 Å².